The van der Waals surface area contributed by atoms with Crippen molar-refractivity contribution in [1.82, 2.24) is 20.0 Å². The Hall–Kier alpha value is -1.36. The van der Waals surface area contributed by atoms with Gasteiger partial charge in [0.05, 0.1) is 17.8 Å². The van der Waals surface area contributed by atoms with Gasteiger partial charge < -0.3 is 4.90 Å². The number of rotatable bonds is 3. The molecule has 1 aliphatic heterocycles. The van der Waals surface area contributed by atoms with Crippen molar-refractivity contribution in [3.05, 3.63) is 17.5 Å². The molecule has 0 saturated carbocycles. The molecule has 2 unspecified atom stereocenters. The minimum atomic E-state index is -0.123. The molecule has 2 atom stereocenters. The molecule has 1 saturated heterocycles. The number of likely N-dealkylation sites (tertiary alicyclic amines) is 1. The van der Waals surface area contributed by atoms with Crippen molar-refractivity contribution >= 4 is 5.91 Å². The van der Waals surface area contributed by atoms with Gasteiger partial charge in [0.2, 0.25) is 5.91 Å². The van der Waals surface area contributed by atoms with Crippen molar-refractivity contribution in [2.45, 2.75) is 77.4 Å². The van der Waals surface area contributed by atoms with E-state index in [2.05, 4.69) is 35.9 Å². The zero-order valence-electron chi connectivity index (χ0n) is 14.9. The normalized spacial score (nSPS) is 23.0. The van der Waals surface area contributed by atoms with Crippen LogP contribution in [0.3, 0.4) is 0 Å². The van der Waals surface area contributed by atoms with Crippen LogP contribution in [-0.4, -0.2) is 39.7 Å². The maximum Gasteiger partial charge on any atom is 0.239 e. The number of amides is 1. The topological polar surface area (TPSA) is 50.2 Å². The maximum atomic E-state index is 12.5. The zero-order valence-corrected chi connectivity index (χ0v) is 14.9. The molecule has 23 heavy (non-hydrogen) atoms. The highest BCUT2D eigenvalue weighted by molar-refractivity contribution is 5.81. The fourth-order valence-electron chi connectivity index (χ4n) is 3.89. The molecule has 1 aliphatic carbocycles. The predicted molar refractivity (Wildman–Crippen MR) is 91.3 cm³/mol. The summed E-state index contributed by atoms with van der Waals surface area (Å²) in [6.45, 7) is 10.4. The van der Waals surface area contributed by atoms with Crippen LogP contribution in [0.2, 0.25) is 0 Å². The van der Waals surface area contributed by atoms with E-state index in [0.29, 0.717) is 0 Å². The van der Waals surface area contributed by atoms with Crippen molar-refractivity contribution in [1.29, 1.82) is 0 Å². The quantitative estimate of drug-likeness (QED) is 0.932. The summed E-state index contributed by atoms with van der Waals surface area (Å²) in [5, 5.41) is 8.20. The summed E-state index contributed by atoms with van der Waals surface area (Å²) >= 11 is 0. The minimum absolute atomic E-state index is 0.00641. The highest BCUT2D eigenvalue weighted by Crippen LogP contribution is 2.32. The Kier molecular flexibility index (Phi) is 4.50. The highest BCUT2D eigenvalue weighted by Gasteiger charge is 2.31. The summed E-state index contributed by atoms with van der Waals surface area (Å²) in [5.41, 5.74) is 2.63. The van der Waals surface area contributed by atoms with Gasteiger partial charge in [0, 0.05) is 30.4 Å². The van der Waals surface area contributed by atoms with Crippen LogP contribution in [0.4, 0.5) is 0 Å². The molecule has 3 rings (SSSR count). The SMILES string of the molecule is CC(NC1CCCc2c1cnn2C(C)(C)C)C(=O)N1CCCC1. The van der Waals surface area contributed by atoms with Crippen molar-refractivity contribution < 1.29 is 4.79 Å². The Morgan fingerprint density at radius 3 is 2.65 bits per heavy atom. The third kappa shape index (κ3) is 3.30. The summed E-state index contributed by atoms with van der Waals surface area (Å²) in [4.78, 5) is 14.5. The van der Waals surface area contributed by atoms with E-state index < -0.39 is 0 Å². The number of nitrogens with one attached hydrogen (secondary N) is 1. The number of carbonyl (C=O) groups excluding carboxylic acids is 1. The van der Waals surface area contributed by atoms with Gasteiger partial charge >= 0.3 is 0 Å². The standard InChI is InChI=1S/C18H30N4O/c1-13(17(23)21-10-5-6-11-21)20-15-8-7-9-16-14(15)12-19-22(16)18(2,3)4/h12-13,15,20H,5-11H2,1-4H3. The molecule has 0 spiro atoms. The third-order valence-electron chi connectivity index (χ3n) is 5.06. The van der Waals surface area contributed by atoms with Gasteiger partial charge in [0.15, 0.2) is 0 Å². The first kappa shape index (κ1) is 16.5. The van der Waals surface area contributed by atoms with Crippen LogP contribution >= 0.6 is 0 Å². The summed E-state index contributed by atoms with van der Waals surface area (Å²) in [7, 11) is 0. The molecule has 5 nitrogen and oxygen atoms in total. The second kappa shape index (κ2) is 6.27. The second-order valence-corrected chi connectivity index (χ2v) is 7.99. The molecule has 0 bridgehead atoms. The first-order chi connectivity index (χ1) is 10.9. The first-order valence-electron chi connectivity index (χ1n) is 9.00. The van der Waals surface area contributed by atoms with Crippen LogP contribution in [0.15, 0.2) is 6.20 Å². The van der Waals surface area contributed by atoms with E-state index in [1.54, 1.807) is 0 Å². The Bertz CT molecular complexity index is 566. The molecule has 128 valence electrons. The monoisotopic (exact) mass is 318 g/mol. The summed E-state index contributed by atoms with van der Waals surface area (Å²) < 4.78 is 2.16. The molecule has 0 aromatic carbocycles. The van der Waals surface area contributed by atoms with Gasteiger partial charge in [0.25, 0.3) is 0 Å². The van der Waals surface area contributed by atoms with Crippen molar-refractivity contribution in [3.8, 4) is 0 Å². The molecule has 1 aromatic heterocycles. The Morgan fingerprint density at radius 1 is 1.30 bits per heavy atom. The Labute approximate surface area is 139 Å². The molecule has 5 heteroatoms. The molecule has 2 aliphatic rings. The summed E-state index contributed by atoms with van der Waals surface area (Å²) in [5.74, 6) is 0.248. The van der Waals surface area contributed by atoms with Crippen LogP contribution in [0.1, 0.15) is 70.7 Å². The van der Waals surface area contributed by atoms with E-state index in [-0.39, 0.29) is 23.5 Å². The van der Waals surface area contributed by atoms with Crippen LogP contribution in [0.5, 0.6) is 0 Å². The molecule has 2 heterocycles. The number of fused-ring (bicyclic) bond motifs is 1. The van der Waals surface area contributed by atoms with E-state index in [9.17, 15) is 4.79 Å². The van der Waals surface area contributed by atoms with Gasteiger partial charge in [-0.2, -0.15) is 5.10 Å². The van der Waals surface area contributed by atoms with Gasteiger partial charge in [-0.15, -0.1) is 0 Å². The highest BCUT2D eigenvalue weighted by atomic mass is 16.2. The minimum Gasteiger partial charge on any atom is -0.341 e. The molecular formula is C18H30N4O. The lowest BCUT2D eigenvalue weighted by Gasteiger charge is -2.30. The molecular weight excluding hydrogens is 288 g/mol. The summed E-state index contributed by atoms with van der Waals surface area (Å²) in [6, 6.07) is 0.124. The Balaban J connectivity index is 1.73. The number of hydrogen-bond donors (Lipinski definition) is 1. The van der Waals surface area contributed by atoms with Crippen LogP contribution in [0, 0.1) is 0 Å². The zero-order chi connectivity index (χ0) is 16.6. The van der Waals surface area contributed by atoms with Gasteiger partial charge in [-0.05, 0) is 59.8 Å². The summed E-state index contributed by atoms with van der Waals surface area (Å²) in [6.07, 6.45) is 7.61. The average Bonchev–Trinajstić information content (AvgIpc) is 3.15. The van der Waals surface area contributed by atoms with Crippen LogP contribution < -0.4 is 5.32 Å². The first-order valence-corrected chi connectivity index (χ1v) is 9.00. The molecule has 1 fully saturated rings. The third-order valence-corrected chi connectivity index (χ3v) is 5.06. The second-order valence-electron chi connectivity index (χ2n) is 7.99. The lowest BCUT2D eigenvalue weighted by atomic mass is 9.91. The number of aromatic nitrogens is 2. The molecule has 0 radical (unpaired) electrons. The van der Waals surface area contributed by atoms with Gasteiger partial charge in [-0.25, -0.2) is 0 Å². The lowest BCUT2D eigenvalue weighted by Crippen LogP contribution is -2.45. The van der Waals surface area contributed by atoms with E-state index in [4.69, 9.17) is 0 Å². The molecule has 1 amide bonds. The average molecular weight is 318 g/mol. The van der Waals surface area contributed by atoms with E-state index in [1.165, 1.54) is 11.3 Å². The smallest absolute Gasteiger partial charge is 0.239 e. The largest absolute Gasteiger partial charge is 0.341 e. The van der Waals surface area contributed by atoms with E-state index >= 15 is 0 Å². The van der Waals surface area contributed by atoms with Gasteiger partial charge in [-0.3, -0.25) is 14.8 Å². The lowest BCUT2D eigenvalue weighted by molar-refractivity contribution is -0.132. The predicted octanol–water partition coefficient (Wildman–Crippen LogP) is 2.62. The van der Waals surface area contributed by atoms with Crippen molar-refractivity contribution in [2.75, 3.05) is 13.1 Å². The van der Waals surface area contributed by atoms with Gasteiger partial charge in [-0.1, -0.05) is 0 Å². The van der Waals surface area contributed by atoms with Crippen LogP contribution in [0.25, 0.3) is 0 Å². The fourth-order valence-corrected chi connectivity index (χ4v) is 3.89. The Morgan fingerprint density at radius 2 is 2.00 bits per heavy atom. The molecule has 1 N–H and O–H groups in total. The fraction of sp³-hybridized carbons (Fsp3) is 0.778. The van der Waals surface area contributed by atoms with Crippen LogP contribution in [-0.2, 0) is 16.8 Å². The number of nitrogens with zero attached hydrogens (tertiary/aromatic N) is 3. The van der Waals surface area contributed by atoms with E-state index in [0.717, 1.165) is 45.2 Å². The van der Waals surface area contributed by atoms with E-state index in [1.807, 2.05) is 18.0 Å². The number of carbonyl (C=O) groups is 1. The number of hydrogen-bond acceptors (Lipinski definition) is 3. The maximum absolute atomic E-state index is 12.5. The van der Waals surface area contributed by atoms with Crippen molar-refractivity contribution in [3.63, 3.8) is 0 Å². The van der Waals surface area contributed by atoms with Gasteiger partial charge in [0.1, 0.15) is 0 Å². The van der Waals surface area contributed by atoms with Crippen molar-refractivity contribution in [2.24, 2.45) is 0 Å². The molecule has 1 aromatic rings.